The van der Waals surface area contributed by atoms with Crippen LogP contribution >= 0.6 is 0 Å². The monoisotopic (exact) mass is 311 g/mol. The van der Waals surface area contributed by atoms with Gasteiger partial charge in [-0.1, -0.05) is 18.2 Å². The van der Waals surface area contributed by atoms with Crippen molar-refractivity contribution >= 4 is 15.9 Å². The number of hydrogen-bond acceptors (Lipinski definition) is 4. The number of nitrogens with one attached hydrogen (secondary N) is 2. The van der Waals surface area contributed by atoms with Gasteiger partial charge in [0.1, 0.15) is 0 Å². The lowest BCUT2D eigenvalue weighted by atomic mass is 10.2. The van der Waals surface area contributed by atoms with Crippen molar-refractivity contribution in [3.05, 3.63) is 29.8 Å². The minimum absolute atomic E-state index is 0.0791. The minimum Gasteiger partial charge on any atom is -0.351 e. The lowest BCUT2D eigenvalue weighted by Gasteiger charge is -2.16. The molecule has 1 aliphatic rings. The van der Waals surface area contributed by atoms with E-state index in [4.69, 9.17) is 0 Å². The first-order valence-corrected chi connectivity index (χ1v) is 8.38. The fourth-order valence-electron chi connectivity index (χ4n) is 2.31. The summed E-state index contributed by atoms with van der Waals surface area (Å²) in [5.41, 5.74) is 0.595. The molecule has 0 aromatic heterocycles. The van der Waals surface area contributed by atoms with E-state index in [2.05, 4.69) is 10.6 Å². The normalized spacial score (nSPS) is 18.9. The lowest BCUT2D eigenvalue weighted by molar-refractivity contribution is -0.122. The molecule has 1 heterocycles. The van der Waals surface area contributed by atoms with Crippen molar-refractivity contribution in [2.24, 2.45) is 0 Å². The molecule has 0 spiro atoms. The highest BCUT2D eigenvalue weighted by Gasteiger charge is 2.23. The second kappa shape index (κ2) is 6.55. The molecule has 21 heavy (non-hydrogen) atoms. The van der Waals surface area contributed by atoms with Crippen LogP contribution in [0.2, 0.25) is 0 Å². The van der Waals surface area contributed by atoms with Crippen molar-refractivity contribution in [1.29, 1.82) is 0 Å². The molecule has 116 valence electrons. The van der Waals surface area contributed by atoms with Gasteiger partial charge < -0.3 is 10.6 Å². The lowest BCUT2D eigenvalue weighted by Crippen LogP contribution is -2.40. The van der Waals surface area contributed by atoms with Gasteiger partial charge >= 0.3 is 0 Å². The number of carbonyl (C=O) groups excluding carboxylic acids is 1. The van der Waals surface area contributed by atoms with Crippen molar-refractivity contribution < 1.29 is 13.2 Å². The Hall–Kier alpha value is -1.44. The first kappa shape index (κ1) is 15.9. The van der Waals surface area contributed by atoms with Crippen molar-refractivity contribution in [2.75, 3.05) is 20.6 Å². The third-order valence-corrected chi connectivity index (χ3v) is 5.48. The zero-order chi connectivity index (χ0) is 15.5. The molecule has 7 heteroatoms. The molecule has 1 saturated heterocycles. The number of benzene rings is 1. The van der Waals surface area contributed by atoms with Gasteiger partial charge in [0.25, 0.3) is 0 Å². The van der Waals surface area contributed by atoms with Crippen LogP contribution in [-0.4, -0.2) is 45.3 Å². The van der Waals surface area contributed by atoms with Gasteiger partial charge in [-0.25, -0.2) is 12.7 Å². The summed E-state index contributed by atoms with van der Waals surface area (Å²) in [7, 11) is -0.522. The zero-order valence-electron chi connectivity index (χ0n) is 12.3. The van der Waals surface area contributed by atoms with Crippen LogP contribution in [0.5, 0.6) is 0 Å². The van der Waals surface area contributed by atoms with E-state index in [0.29, 0.717) is 5.56 Å². The maximum absolute atomic E-state index is 12.3. The number of carbonyl (C=O) groups is 1. The quantitative estimate of drug-likeness (QED) is 0.820. The van der Waals surface area contributed by atoms with Crippen LogP contribution in [0.3, 0.4) is 0 Å². The van der Waals surface area contributed by atoms with Crippen LogP contribution < -0.4 is 10.6 Å². The van der Waals surface area contributed by atoms with E-state index in [1.54, 1.807) is 24.3 Å². The molecule has 1 aliphatic heterocycles. The first-order valence-electron chi connectivity index (χ1n) is 6.94. The van der Waals surface area contributed by atoms with Crippen molar-refractivity contribution in [3.63, 3.8) is 0 Å². The average Bonchev–Trinajstić information content (AvgIpc) is 2.99. The molecular formula is C14H21N3O3S. The Morgan fingerprint density at radius 1 is 1.38 bits per heavy atom. The SMILES string of the molecule is CN(C)S(=O)(=O)c1ccccc1CNC(=O)C1CCCN1. The zero-order valence-corrected chi connectivity index (χ0v) is 13.1. The van der Waals surface area contributed by atoms with Crippen LogP contribution in [0.15, 0.2) is 29.2 Å². The summed E-state index contributed by atoms with van der Waals surface area (Å²) in [6.07, 6.45) is 1.81. The van der Waals surface area contributed by atoms with Gasteiger partial charge in [-0.2, -0.15) is 0 Å². The Kier molecular flexibility index (Phi) is 4.97. The Labute approximate surface area is 125 Å². The molecule has 1 unspecified atom stereocenters. The first-order chi connectivity index (χ1) is 9.93. The summed E-state index contributed by atoms with van der Waals surface area (Å²) in [5.74, 6) is -0.0791. The maximum atomic E-state index is 12.3. The van der Waals surface area contributed by atoms with Crippen molar-refractivity contribution in [3.8, 4) is 0 Å². The number of amides is 1. The van der Waals surface area contributed by atoms with E-state index in [1.807, 2.05) is 0 Å². The van der Waals surface area contributed by atoms with Gasteiger partial charge in [0.15, 0.2) is 0 Å². The highest BCUT2D eigenvalue weighted by molar-refractivity contribution is 7.89. The van der Waals surface area contributed by atoms with Gasteiger partial charge in [-0.05, 0) is 31.0 Å². The maximum Gasteiger partial charge on any atom is 0.242 e. The van der Waals surface area contributed by atoms with E-state index >= 15 is 0 Å². The summed E-state index contributed by atoms with van der Waals surface area (Å²) in [6.45, 7) is 1.06. The van der Waals surface area contributed by atoms with E-state index in [0.717, 1.165) is 19.4 Å². The van der Waals surface area contributed by atoms with Crippen molar-refractivity contribution in [1.82, 2.24) is 14.9 Å². The Balaban J connectivity index is 2.12. The summed E-state index contributed by atoms with van der Waals surface area (Å²) >= 11 is 0. The third-order valence-electron chi connectivity index (χ3n) is 3.56. The molecule has 1 aromatic carbocycles. The van der Waals surface area contributed by atoms with Gasteiger partial charge in [0.05, 0.1) is 10.9 Å². The fraction of sp³-hybridized carbons (Fsp3) is 0.500. The van der Waals surface area contributed by atoms with Crippen LogP contribution in [0.4, 0.5) is 0 Å². The van der Waals surface area contributed by atoms with Crippen LogP contribution in [0, 0.1) is 0 Å². The number of nitrogens with zero attached hydrogens (tertiary/aromatic N) is 1. The van der Waals surface area contributed by atoms with Crippen molar-refractivity contribution in [2.45, 2.75) is 30.3 Å². The predicted octanol–water partition coefficient (Wildman–Crippen LogP) is 0.305. The summed E-state index contributed by atoms with van der Waals surface area (Å²) in [5, 5.41) is 5.93. The van der Waals surface area contributed by atoms with Gasteiger partial charge in [0.2, 0.25) is 15.9 Å². The number of rotatable bonds is 5. The Morgan fingerprint density at radius 3 is 2.71 bits per heavy atom. The summed E-state index contributed by atoms with van der Waals surface area (Å²) < 4.78 is 25.7. The third kappa shape index (κ3) is 3.61. The minimum atomic E-state index is -3.51. The van der Waals surface area contributed by atoms with Crippen LogP contribution in [0.25, 0.3) is 0 Å². The molecule has 1 amide bonds. The average molecular weight is 311 g/mol. The summed E-state index contributed by atoms with van der Waals surface area (Å²) in [4.78, 5) is 12.2. The van der Waals surface area contributed by atoms with Gasteiger partial charge in [-0.15, -0.1) is 0 Å². The number of sulfonamides is 1. The smallest absolute Gasteiger partial charge is 0.242 e. The predicted molar refractivity (Wildman–Crippen MR) is 80.2 cm³/mol. The Bertz CT molecular complexity index is 608. The number of hydrogen-bond donors (Lipinski definition) is 2. The van der Waals surface area contributed by atoms with E-state index in [-0.39, 0.29) is 23.4 Å². The van der Waals surface area contributed by atoms with E-state index in [9.17, 15) is 13.2 Å². The topological polar surface area (TPSA) is 78.5 Å². The second-order valence-electron chi connectivity index (χ2n) is 5.26. The largest absolute Gasteiger partial charge is 0.351 e. The Morgan fingerprint density at radius 2 is 2.10 bits per heavy atom. The van der Waals surface area contributed by atoms with E-state index in [1.165, 1.54) is 18.4 Å². The molecule has 2 rings (SSSR count). The summed E-state index contributed by atoms with van der Waals surface area (Å²) in [6, 6.07) is 6.57. The molecule has 1 atom stereocenters. The molecule has 2 N–H and O–H groups in total. The van der Waals surface area contributed by atoms with Gasteiger partial charge in [-0.3, -0.25) is 4.79 Å². The second-order valence-corrected chi connectivity index (χ2v) is 7.38. The highest BCUT2D eigenvalue weighted by Crippen LogP contribution is 2.18. The molecule has 0 radical (unpaired) electrons. The molecule has 0 aliphatic carbocycles. The van der Waals surface area contributed by atoms with Gasteiger partial charge in [0, 0.05) is 20.6 Å². The highest BCUT2D eigenvalue weighted by atomic mass is 32.2. The molecule has 0 bridgehead atoms. The molecule has 0 saturated carbocycles. The fourth-order valence-corrected chi connectivity index (χ4v) is 3.43. The van der Waals surface area contributed by atoms with Crippen LogP contribution in [-0.2, 0) is 21.4 Å². The molecule has 6 nitrogen and oxygen atoms in total. The molecular weight excluding hydrogens is 290 g/mol. The molecule has 1 fully saturated rings. The van der Waals surface area contributed by atoms with E-state index < -0.39 is 10.0 Å². The van der Waals surface area contributed by atoms with Crippen LogP contribution in [0.1, 0.15) is 18.4 Å². The standard InChI is InChI=1S/C14H21N3O3S/c1-17(2)21(19,20)13-8-4-3-6-11(13)10-16-14(18)12-7-5-9-15-12/h3-4,6,8,12,15H,5,7,9-10H2,1-2H3,(H,16,18). The molecule has 1 aromatic rings.